The van der Waals surface area contributed by atoms with Crippen molar-refractivity contribution < 1.29 is 54.4 Å². The SMILES string of the molecule is C[C@@H]1CC[C@]2(C(=O)O)CC[C@]3(C)C(=CCC4[C@@]5(C)CC[C@H](O[C@@H]6OC[C@H](O)[C@H](O)[C@H]6O[C@@H]6O[C@@H](C)[C@H](O)[C@@H](O)[C@H]6O)C(C)(C)C5CC[C@]43C)C2[C@H]1C. The maximum Gasteiger partial charge on any atom is 0.310 e. The van der Waals surface area contributed by atoms with E-state index in [2.05, 4.69) is 54.5 Å². The third kappa shape index (κ3) is 5.48. The largest absolute Gasteiger partial charge is 0.481 e. The fourth-order valence-corrected chi connectivity index (χ4v) is 13.5. The van der Waals surface area contributed by atoms with Crippen molar-refractivity contribution in [2.45, 2.75) is 175 Å². The van der Waals surface area contributed by atoms with Crippen molar-refractivity contribution >= 4 is 5.97 Å². The van der Waals surface area contributed by atoms with Crippen LogP contribution in [0.3, 0.4) is 0 Å². The van der Waals surface area contributed by atoms with Gasteiger partial charge in [-0.1, -0.05) is 60.1 Å². The molecular formula is C41H66O11. The van der Waals surface area contributed by atoms with Crippen LogP contribution in [0, 0.1) is 56.7 Å². The number of hydrogen-bond acceptors (Lipinski definition) is 10. The van der Waals surface area contributed by atoms with Crippen LogP contribution in [0.2, 0.25) is 0 Å². The van der Waals surface area contributed by atoms with Crippen LogP contribution in [0.1, 0.15) is 113 Å². The zero-order valence-corrected chi connectivity index (χ0v) is 32.5. The highest BCUT2D eigenvalue weighted by molar-refractivity contribution is 5.76. The molecule has 3 unspecified atom stereocenters. The van der Waals surface area contributed by atoms with E-state index in [4.69, 9.17) is 18.9 Å². The molecule has 19 atom stereocenters. The Labute approximate surface area is 309 Å². The molecule has 11 nitrogen and oxygen atoms in total. The highest BCUT2D eigenvalue weighted by atomic mass is 16.8. The molecule has 0 spiro atoms. The smallest absolute Gasteiger partial charge is 0.310 e. The lowest BCUT2D eigenvalue weighted by molar-refractivity contribution is -0.364. The Morgan fingerprint density at radius 3 is 2.19 bits per heavy atom. The summed E-state index contributed by atoms with van der Waals surface area (Å²) in [6, 6.07) is 0. The number of carboxylic acid groups (broad SMARTS) is 1. The quantitative estimate of drug-likeness (QED) is 0.175. The summed E-state index contributed by atoms with van der Waals surface area (Å²) < 4.78 is 24.5. The van der Waals surface area contributed by atoms with Crippen molar-refractivity contribution in [2.24, 2.45) is 56.7 Å². The molecule has 0 aromatic carbocycles. The van der Waals surface area contributed by atoms with E-state index in [9.17, 15) is 35.4 Å². The van der Waals surface area contributed by atoms with E-state index in [1.54, 1.807) is 6.92 Å². The lowest BCUT2D eigenvalue weighted by Gasteiger charge is -2.71. The molecule has 6 N–H and O–H groups in total. The molecular weight excluding hydrogens is 668 g/mol. The van der Waals surface area contributed by atoms with Gasteiger partial charge in [0, 0.05) is 0 Å². The second-order valence-corrected chi connectivity index (χ2v) is 19.6. The van der Waals surface area contributed by atoms with E-state index in [-0.39, 0.29) is 40.3 Å². The molecule has 296 valence electrons. The average Bonchev–Trinajstić information content (AvgIpc) is 3.08. The van der Waals surface area contributed by atoms with Crippen molar-refractivity contribution in [2.75, 3.05) is 6.61 Å². The molecule has 2 saturated heterocycles. The molecule has 0 radical (unpaired) electrons. The highest BCUT2D eigenvalue weighted by Crippen LogP contribution is 2.76. The molecule has 0 aromatic rings. The average molecular weight is 735 g/mol. The van der Waals surface area contributed by atoms with Gasteiger partial charge in [0.25, 0.3) is 0 Å². The number of aliphatic hydroxyl groups is 5. The first-order chi connectivity index (χ1) is 24.2. The minimum atomic E-state index is -1.58. The second-order valence-electron chi connectivity index (χ2n) is 19.6. The van der Waals surface area contributed by atoms with Gasteiger partial charge in [0.05, 0.1) is 24.2 Å². The van der Waals surface area contributed by atoms with E-state index in [1.165, 1.54) is 5.57 Å². The molecule has 7 rings (SSSR count). The van der Waals surface area contributed by atoms with Crippen LogP contribution in [0.4, 0.5) is 0 Å². The third-order valence-corrected chi connectivity index (χ3v) is 17.2. The van der Waals surface area contributed by atoms with E-state index in [0.717, 1.165) is 57.8 Å². The molecule has 5 aliphatic carbocycles. The van der Waals surface area contributed by atoms with Gasteiger partial charge in [-0.05, 0) is 116 Å². The number of hydrogen-bond donors (Lipinski definition) is 6. The molecule has 0 bridgehead atoms. The fraction of sp³-hybridized carbons (Fsp3) is 0.927. The second kappa shape index (κ2) is 13.2. The Balaban J connectivity index is 1.14. The van der Waals surface area contributed by atoms with Gasteiger partial charge in [0.2, 0.25) is 0 Å². The van der Waals surface area contributed by atoms with Crippen LogP contribution in [0.15, 0.2) is 11.6 Å². The van der Waals surface area contributed by atoms with Crippen LogP contribution in [0.25, 0.3) is 0 Å². The number of carboxylic acids is 1. The first kappa shape index (κ1) is 39.1. The van der Waals surface area contributed by atoms with Crippen LogP contribution in [0.5, 0.6) is 0 Å². The van der Waals surface area contributed by atoms with Crippen molar-refractivity contribution in [3.63, 3.8) is 0 Å². The molecule has 7 aliphatic rings. The van der Waals surface area contributed by atoms with Gasteiger partial charge in [-0.15, -0.1) is 0 Å². The predicted molar refractivity (Wildman–Crippen MR) is 190 cm³/mol. The van der Waals surface area contributed by atoms with Gasteiger partial charge in [0.15, 0.2) is 12.6 Å². The Morgan fingerprint density at radius 1 is 0.788 bits per heavy atom. The molecule has 2 heterocycles. The molecule has 0 amide bonds. The zero-order chi connectivity index (χ0) is 37.9. The molecule has 52 heavy (non-hydrogen) atoms. The molecule has 4 saturated carbocycles. The molecule has 2 aliphatic heterocycles. The first-order valence-corrected chi connectivity index (χ1v) is 20.2. The minimum absolute atomic E-state index is 0.0143. The van der Waals surface area contributed by atoms with Gasteiger partial charge in [0.1, 0.15) is 36.6 Å². The van der Waals surface area contributed by atoms with Gasteiger partial charge >= 0.3 is 5.97 Å². The number of ether oxygens (including phenoxy) is 4. The zero-order valence-electron chi connectivity index (χ0n) is 32.5. The van der Waals surface area contributed by atoms with Crippen molar-refractivity contribution in [3.05, 3.63) is 11.6 Å². The number of allylic oxidation sites excluding steroid dienone is 2. The Morgan fingerprint density at radius 2 is 1.50 bits per heavy atom. The van der Waals surface area contributed by atoms with E-state index >= 15 is 0 Å². The Bertz CT molecular complexity index is 1400. The topological polar surface area (TPSA) is 175 Å². The molecule has 6 fully saturated rings. The summed E-state index contributed by atoms with van der Waals surface area (Å²) in [4.78, 5) is 13.1. The van der Waals surface area contributed by atoms with E-state index < -0.39 is 66.7 Å². The van der Waals surface area contributed by atoms with Crippen LogP contribution >= 0.6 is 0 Å². The number of carbonyl (C=O) groups is 1. The van der Waals surface area contributed by atoms with Gasteiger partial charge in [-0.25, -0.2) is 0 Å². The summed E-state index contributed by atoms with van der Waals surface area (Å²) in [6.07, 6.45) is -1.14. The lowest BCUT2D eigenvalue weighted by Crippen LogP contribution is -2.66. The van der Waals surface area contributed by atoms with E-state index in [0.29, 0.717) is 23.7 Å². The molecule has 0 aromatic heterocycles. The van der Waals surface area contributed by atoms with Crippen LogP contribution < -0.4 is 0 Å². The van der Waals surface area contributed by atoms with E-state index in [1.807, 2.05) is 0 Å². The predicted octanol–water partition coefficient (Wildman–Crippen LogP) is 4.40. The normalized spacial score (nSPS) is 55.9. The number of aliphatic carboxylic acids is 1. The Hall–Kier alpha value is -1.15. The van der Waals surface area contributed by atoms with Crippen molar-refractivity contribution in [1.29, 1.82) is 0 Å². The summed E-state index contributed by atoms with van der Waals surface area (Å²) in [5, 5.41) is 63.6. The number of fused-ring (bicyclic) bond motifs is 7. The van der Waals surface area contributed by atoms with Crippen molar-refractivity contribution in [1.82, 2.24) is 0 Å². The Kier molecular flexibility index (Phi) is 9.94. The molecule has 11 heteroatoms. The highest BCUT2D eigenvalue weighted by Gasteiger charge is 2.70. The van der Waals surface area contributed by atoms with Crippen LogP contribution in [-0.4, -0.2) is 105 Å². The lowest BCUT2D eigenvalue weighted by atomic mass is 9.33. The van der Waals surface area contributed by atoms with Gasteiger partial charge in [-0.2, -0.15) is 0 Å². The first-order valence-electron chi connectivity index (χ1n) is 20.2. The maximum atomic E-state index is 13.1. The standard InChI is InChI=1S/C41H66O11/c1-20-11-16-41(36(47)48)18-17-39(7)23(28(41)21(20)2)9-10-26-38(6)14-13-27(37(4,5)25(38)12-15-40(26,39)8)51-35-33(30(44)24(42)19-49-35)52-34-32(46)31(45)29(43)22(3)50-34/h9,20-22,24-35,42-46H,10-19H2,1-8H3,(H,47,48)/t20-,21+,22+,24+,25?,26?,27+,28?,29+,30+,31-,32-,33-,34+,35+,38+,39-,40-,41+/m1/s1. The summed E-state index contributed by atoms with van der Waals surface area (Å²) in [7, 11) is 0. The summed E-state index contributed by atoms with van der Waals surface area (Å²) >= 11 is 0. The summed E-state index contributed by atoms with van der Waals surface area (Å²) in [6.45, 7) is 18.1. The summed E-state index contributed by atoms with van der Waals surface area (Å²) in [5.41, 5.74) is 0.454. The van der Waals surface area contributed by atoms with Crippen molar-refractivity contribution in [3.8, 4) is 0 Å². The fourth-order valence-electron chi connectivity index (χ4n) is 13.5. The third-order valence-electron chi connectivity index (χ3n) is 17.2. The minimum Gasteiger partial charge on any atom is -0.481 e. The van der Waals surface area contributed by atoms with Gasteiger partial charge in [-0.3, -0.25) is 4.79 Å². The maximum absolute atomic E-state index is 13.1. The van der Waals surface area contributed by atoms with Crippen LogP contribution in [-0.2, 0) is 23.7 Å². The number of rotatable bonds is 5. The monoisotopic (exact) mass is 734 g/mol. The summed E-state index contributed by atoms with van der Waals surface area (Å²) in [5.74, 6) is 1.05. The van der Waals surface area contributed by atoms with Gasteiger partial charge < -0.3 is 49.6 Å². The number of aliphatic hydroxyl groups excluding tert-OH is 5.